The summed E-state index contributed by atoms with van der Waals surface area (Å²) >= 11 is 0. The Bertz CT molecular complexity index is 461. The van der Waals surface area contributed by atoms with Crippen molar-refractivity contribution in [2.75, 3.05) is 18.8 Å². The number of likely N-dealkylation sites (tertiary alicyclic amines) is 1. The molecule has 0 aliphatic carbocycles. The number of nitrogen functional groups attached to an aromatic ring is 1. The number of hydrogen-bond acceptors (Lipinski definition) is 2. The average Bonchev–Trinajstić information content (AvgIpc) is 2.35. The standard InChI is InChI=1S/C14H19FN2O/c1-9-5-6-17(8-10(9)2)14(18)12-7-11(16)3-4-13(12)15/h3-4,7,9-10H,5-6,8,16H2,1-2H3. The summed E-state index contributed by atoms with van der Waals surface area (Å²) in [6, 6.07) is 4.13. The molecule has 1 aliphatic rings. The number of amides is 1. The van der Waals surface area contributed by atoms with E-state index in [0.29, 0.717) is 30.6 Å². The summed E-state index contributed by atoms with van der Waals surface area (Å²) in [6.07, 6.45) is 0.969. The first-order chi connectivity index (χ1) is 8.49. The van der Waals surface area contributed by atoms with Gasteiger partial charge in [0.1, 0.15) is 5.82 Å². The number of nitrogens with zero attached hydrogens (tertiary/aromatic N) is 1. The maximum atomic E-state index is 13.6. The molecule has 2 N–H and O–H groups in total. The van der Waals surface area contributed by atoms with Crippen LogP contribution in [0.5, 0.6) is 0 Å². The first-order valence-electron chi connectivity index (χ1n) is 6.33. The van der Waals surface area contributed by atoms with Crippen LogP contribution in [0.1, 0.15) is 30.6 Å². The fourth-order valence-corrected chi connectivity index (χ4v) is 2.32. The molecule has 2 atom stereocenters. The molecule has 2 unspecified atom stereocenters. The molecule has 0 spiro atoms. The van der Waals surface area contributed by atoms with Gasteiger partial charge in [-0.2, -0.15) is 0 Å². The molecule has 1 fully saturated rings. The molecule has 1 heterocycles. The van der Waals surface area contributed by atoms with E-state index in [-0.39, 0.29) is 11.5 Å². The number of hydrogen-bond donors (Lipinski definition) is 1. The van der Waals surface area contributed by atoms with E-state index < -0.39 is 5.82 Å². The van der Waals surface area contributed by atoms with Crippen molar-refractivity contribution < 1.29 is 9.18 Å². The van der Waals surface area contributed by atoms with Crippen LogP contribution in [0.2, 0.25) is 0 Å². The monoisotopic (exact) mass is 250 g/mol. The van der Waals surface area contributed by atoms with Crippen molar-refractivity contribution in [3.05, 3.63) is 29.6 Å². The Kier molecular flexibility index (Phi) is 3.55. The lowest BCUT2D eigenvalue weighted by Crippen LogP contribution is -2.42. The maximum absolute atomic E-state index is 13.6. The second-order valence-electron chi connectivity index (χ2n) is 5.23. The Morgan fingerprint density at radius 3 is 2.78 bits per heavy atom. The molecule has 0 bridgehead atoms. The number of halogens is 1. The van der Waals surface area contributed by atoms with Gasteiger partial charge in [0, 0.05) is 18.8 Å². The zero-order chi connectivity index (χ0) is 13.3. The summed E-state index contributed by atoms with van der Waals surface area (Å²) in [5.74, 6) is 0.311. The highest BCUT2D eigenvalue weighted by Gasteiger charge is 2.27. The molecule has 98 valence electrons. The SMILES string of the molecule is CC1CCN(C(=O)c2cc(N)ccc2F)CC1C. The van der Waals surface area contributed by atoms with Crippen LogP contribution in [0.3, 0.4) is 0 Å². The van der Waals surface area contributed by atoms with Gasteiger partial charge < -0.3 is 10.6 Å². The minimum Gasteiger partial charge on any atom is -0.399 e. The van der Waals surface area contributed by atoms with Crippen molar-refractivity contribution in [1.29, 1.82) is 0 Å². The third-order valence-electron chi connectivity index (χ3n) is 3.84. The van der Waals surface area contributed by atoms with E-state index in [0.717, 1.165) is 6.42 Å². The Hall–Kier alpha value is -1.58. The number of rotatable bonds is 1. The Morgan fingerprint density at radius 2 is 2.11 bits per heavy atom. The summed E-state index contributed by atoms with van der Waals surface area (Å²) < 4.78 is 13.6. The topological polar surface area (TPSA) is 46.3 Å². The first kappa shape index (κ1) is 12.9. The van der Waals surface area contributed by atoms with Gasteiger partial charge in [-0.1, -0.05) is 13.8 Å². The number of benzene rings is 1. The molecular weight excluding hydrogens is 231 g/mol. The lowest BCUT2D eigenvalue weighted by molar-refractivity contribution is 0.0623. The van der Waals surface area contributed by atoms with Crippen LogP contribution in [0, 0.1) is 17.7 Å². The van der Waals surface area contributed by atoms with Crippen LogP contribution in [0.4, 0.5) is 10.1 Å². The zero-order valence-corrected chi connectivity index (χ0v) is 10.8. The zero-order valence-electron chi connectivity index (χ0n) is 10.8. The molecule has 1 saturated heterocycles. The molecule has 1 aromatic carbocycles. The molecule has 0 radical (unpaired) electrons. The number of carbonyl (C=O) groups excluding carboxylic acids is 1. The molecule has 2 rings (SSSR count). The molecular formula is C14H19FN2O. The van der Waals surface area contributed by atoms with Gasteiger partial charge >= 0.3 is 0 Å². The lowest BCUT2D eigenvalue weighted by atomic mass is 9.88. The van der Waals surface area contributed by atoms with Crippen molar-refractivity contribution in [1.82, 2.24) is 4.90 Å². The van der Waals surface area contributed by atoms with Crippen LogP contribution >= 0.6 is 0 Å². The molecule has 4 heteroatoms. The minimum atomic E-state index is -0.500. The highest BCUT2D eigenvalue weighted by atomic mass is 19.1. The predicted molar refractivity (Wildman–Crippen MR) is 69.7 cm³/mol. The van der Waals surface area contributed by atoms with E-state index in [1.54, 1.807) is 4.90 Å². The van der Waals surface area contributed by atoms with Crippen LogP contribution in [0.15, 0.2) is 18.2 Å². The van der Waals surface area contributed by atoms with Gasteiger partial charge in [-0.3, -0.25) is 4.79 Å². The Labute approximate surface area is 107 Å². The third kappa shape index (κ3) is 2.47. The number of piperidine rings is 1. The highest BCUT2D eigenvalue weighted by molar-refractivity contribution is 5.95. The highest BCUT2D eigenvalue weighted by Crippen LogP contribution is 2.24. The summed E-state index contributed by atoms with van der Waals surface area (Å²) in [4.78, 5) is 14.0. The van der Waals surface area contributed by atoms with Crippen LogP contribution in [0.25, 0.3) is 0 Å². The van der Waals surface area contributed by atoms with Crippen molar-refractivity contribution in [3.63, 3.8) is 0 Å². The quantitative estimate of drug-likeness (QED) is 0.778. The van der Waals surface area contributed by atoms with Crippen LogP contribution in [-0.2, 0) is 0 Å². The average molecular weight is 250 g/mol. The largest absolute Gasteiger partial charge is 0.399 e. The first-order valence-corrected chi connectivity index (χ1v) is 6.33. The molecule has 0 aromatic heterocycles. The number of carbonyl (C=O) groups is 1. The minimum absolute atomic E-state index is 0.0803. The van der Waals surface area contributed by atoms with Crippen molar-refractivity contribution in [2.45, 2.75) is 20.3 Å². The van der Waals surface area contributed by atoms with Crippen LogP contribution in [-0.4, -0.2) is 23.9 Å². The molecule has 18 heavy (non-hydrogen) atoms. The summed E-state index contributed by atoms with van der Waals surface area (Å²) in [6.45, 7) is 5.69. The van der Waals surface area contributed by atoms with Gasteiger partial charge in [0.25, 0.3) is 5.91 Å². The van der Waals surface area contributed by atoms with E-state index in [9.17, 15) is 9.18 Å². The number of nitrogens with two attached hydrogens (primary N) is 1. The van der Waals surface area contributed by atoms with E-state index in [4.69, 9.17) is 5.73 Å². The summed E-state index contributed by atoms with van der Waals surface area (Å²) in [7, 11) is 0. The van der Waals surface area contributed by atoms with Gasteiger partial charge in [-0.25, -0.2) is 4.39 Å². The molecule has 1 aromatic rings. The van der Waals surface area contributed by atoms with E-state index in [1.165, 1.54) is 18.2 Å². The Balaban J connectivity index is 2.19. The van der Waals surface area contributed by atoms with Crippen LogP contribution < -0.4 is 5.73 Å². The summed E-state index contributed by atoms with van der Waals surface area (Å²) in [5.41, 5.74) is 6.10. The van der Waals surface area contributed by atoms with E-state index >= 15 is 0 Å². The fraction of sp³-hybridized carbons (Fsp3) is 0.500. The summed E-state index contributed by atoms with van der Waals surface area (Å²) in [5, 5.41) is 0. The van der Waals surface area contributed by atoms with Crippen molar-refractivity contribution in [3.8, 4) is 0 Å². The molecule has 0 saturated carbocycles. The fourth-order valence-electron chi connectivity index (χ4n) is 2.32. The second-order valence-corrected chi connectivity index (χ2v) is 5.23. The van der Waals surface area contributed by atoms with E-state index in [1.807, 2.05) is 0 Å². The van der Waals surface area contributed by atoms with Gasteiger partial charge in [0.15, 0.2) is 0 Å². The van der Waals surface area contributed by atoms with Crippen molar-refractivity contribution in [2.24, 2.45) is 11.8 Å². The maximum Gasteiger partial charge on any atom is 0.256 e. The predicted octanol–water partition coefficient (Wildman–Crippen LogP) is 2.53. The van der Waals surface area contributed by atoms with Gasteiger partial charge in [-0.05, 0) is 36.5 Å². The molecule has 1 aliphatic heterocycles. The normalized spacial score (nSPS) is 24.1. The van der Waals surface area contributed by atoms with Gasteiger partial charge in [-0.15, -0.1) is 0 Å². The smallest absolute Gasteiger partial charge is 0.256 e. The second kappa shape index (κ2) is 4.96. The van der Waals surface area contributed by atoms with Crippen molar-refractivity contribution >= 4 is 11.6 Å². The third-order valence-corrected chi connectivity index (χ3v) is 3.84. The van der Waals surface area contributed by atoms with Gasteiger partial charge in [0.05, 0.1) is 5.56 Å². The lowest BCUT2D eigenvalue weighted by Gasteiger charge is -2.35. The molecule has 3 nitrogen and oxygen atoms in total. The van der Waals surface area contributed by atoms with E-state index in [2.05, 4.69) is 13.8 Å². The Morgan fingerprint density at radius 1 is 1.39 bits per heavy atom. The number of anilines is 1. The van der Waals surface area contributed by atoms with Gasteiger partial charge in [0.2, 0.25) is 0 Å². The molecule has 1 amide bonds.